The van der Waals surface area contributed by atoms with Gasteiger partial charge in [-0.3, -0.25) is 14.6 Å². The number of nitrogens with one attached hydrogen (secondary N) is 1. The number of carbonyl (C=O) groups is 2. The number of ether oxygens (including phenoxy) is 2. The minimum Gasteiger partial charge on any atom is -0.493 e. The molecular weight excluding hydrogens is 464 g/mol. The van der Waals surface area contributed by atoms with Crippen molar-refractivity contribution in [1.82, 2.24) is 10.2 Å². The first-order valence-electron chi connectivity index (χ1n) is 11.7. The van der Waals surface area contributed by atoms with Crippen LogP contribution in [0.4, 0.5) is 5.69 Å². The van der Waals surface area contributed by atoms with E-state index in [9.17, 15) is 9.59 Å². The zero-order valence-electron chi connectivity index (χ0n) is 20.4. The van der Waals surface area contributed by atoms with Crippen molar-refractivity contribution < 1.29 is 19.1 Å². The summed E-state index contributed by atoms with van der Waals surface area (Å²) in [5, 5.41) is 3.44. The number of fused-ring (bicyclic) bond motifs is 3. The Bertz CT molecular complexity index is 1180. The molecule has 0 saturated carbocycles. The van der Waals surface area contributed by atoms with Crippen LogP contribution in [0.15, 0.2) is 52.4 Å². The number of amides is 2. The maximum atomic E-state index is 13.2. The summed E-state index contributed by atoms with van der Waals surface area (Å²) in [6.45, 7) is 4.57. The third-order valence-electron chi connectivity index (χ3n) is 6.20. The van der Waals surface area contributed by atoms with E-state index >= 15 is 0 Å². The van der Waals surface area contributed by atoms with Gasteiger partial charge in [0.05, 0.1) is 25.7 Å². The number of hydrogen-bond acceptors (Lipinski definition) is 7. The Morgan fingerprint density at radius 2 is 1.94 bits per heavy atom. The van der Waals surface area contributed by atoms with Gasteiger partial charge in [0.25, 0.3) is 5.91 Å². The first-order chi connectivity index (χ1) is 17.0. The Kier molecular flexibility index (Phi) is 7.75. The predicted octanol–water partition coefficient (Wildman–Crippen LogP) is 3.80. The molecule has 1 N–H and O–H groups in total. The highest BCUT2D eigenvalue weighted by Gasteiger charge is 2.43. The Balaban J connectivity index is 1.39. The number of carbonyl (C=O) groups excluding carboxylic acids is 2. The molecule has 0 unspecified atom stereocenters. The average molecular weight is 495 g/mol. The van der Waals surface area contributed by atoms with Crippen molar-refractivity contribution in [3.63, 3.8) is 0 Å². The summed E-state index contributed by atoms with van der Waals surface area (Å²) in [5.74, 6) is 2.02. The fraction of sp³-hybridized carbons (Fsp3) is 0.385. The van der Waals surface area contributed by atoms with Gasteiger partial charge in [0.1, 0.15) is 11.9 Å². The van der Waals surface area contributed by atoms with E-state index in [-0.39, 0.29) is 23.5 Å². The first-order valence-corrected chi connectivity index (χ1v) is 12.7. The molecule has 2 aliphatic rings. The van der Waals surface area contributed by atoms with Crippen molar-refractivity contribution in [1.29, 1.82) is 0 Å². The van der Waals surface area contributed by atoms with Crippen LogP contribution in [0.3, 0.4) is 0 Å². The normalized spacial score (nSPS) is 17.2. The quantitative estimate of drug-likeness (QED) is 0.572. The highest BCUT2D eigenvalue weighted by atomic mass is 32.2. The number of thioether (sulfide) groups is 1. The molecule has 184 valence electrons. The highest BCUT2D eigenvalue weighted by Crippen LogP contribution is 2.35. The molecule has 2 amide bonds. The SMILES string of the molecule is CC[C@H](C)[C@H]1N=C2c3ccccc3N=C(SCC(=O)NCCc3ccc(OC)c(OC)c3)N2C1=O. The smallest absolute Gasteiger partial charge is 0.259 e. The van der Waals surface area contributed by atoms with Gasteiger partial charge in [-0.15, -0.1) is 0 Å². The molecule has 0 fully saturated rings. The number of benzene rings is 2. The van der Waals surface area contributed by atoms with Crippen LogP contribution in [0.2, 0.25) is 0 Å². The molecule has 8 nitrogen and oxygen atoms in total. The minimum atomic E-state index is -0.428. The number of para-hydroxylation sites is 1. The number of hydrogen-bond donors (Lipinski definition) is 1. The molecular formula is C26H30N4O4S. The zero-order valence-corrected chi connectivity index (χ0v) is 21.2. The van der Waals surface area contributed by atoms with Crippen molar-refractivity contribution >= 4 is 40.3 Å². The number of amidine groups is 2. The molecule has 0 aliphatic carbocycles. The molecule has 0 radical (unpaired) electrons. The Hall–Kier alpha value is -3.33. The van der Waals surface area contributed by atoms with Gasteiger partial charge in [0.15, 0.2) is 16.7 Å². The fourth-order valence-corrected chi connectivity index (χ4v) is 4.85. The third kappa shape index (κ3) is 5.19. The van der Waals surface area contributed by atoms with Gasteiger partial charge in [-0.1, -0.05) is 50.2 Å². The molecule has 35 heavy (non-hydrogen) atoms. The maximum absolute atomic E-state index is 13.2. The zero-order chi connectivity index (χ0) is 24.9. The highest BCUT2D eigenvalue weighted by molar-refractivity contribution is 8.14. The van der Waals surface area contributed by atoms with Crippen molar-refractivity contribution in [2.75, 3.05) is 26.5 Å². The van der Waals surface area contributed by atoms with Gasteiger partial charge in [-0.25, -0.2) is 9.89 Å². The second-order valence-electron chi connectivity index (χ2n) is 8.45. The lowest BCUT2D eigenvalue weighted by molar-refractivity contribution is -0.125. The monoisotopic (exact) mass is 494 g/mol. The molecule has 2 aromatic carbocycles. The summed E-state index contributed by atoms with van der Waals surface area (Å²) in [5.41, 5.74) is 2.63. The number of rotatable bonds is 9. The minimum absolute atomic E-state index is 0.0797. The Morgan fingerprint density at radius 3 is 2.69 bits per heavy atom. The molecule has 0 bridgehead atoms. The summed E-state index contributed by atoms with van der Waals surface area (Å²) in [4.78, 5) is 36.8. The van der Waals surface area contributed by atoms with Gasteiger partial charge in [0.2, 0.25) is 5.91 Å². The van der Waals surface area contributed by atoms with Crippen LogP contribution < -0.4 is 14.8 Å². The van der Waals surface area contributed by atoms with Gasteiger partial charge in [-0.05, 0) is 42.2 Å². The lowest BCUT2D eigenvalue weighted by Gasteiger charge is -2.25. The summed E-state index contributed by atoms with van der Waals surface area (Å²) in [6.07, 6.45) is 1.51. The lowest BCUT2D eigenvalue weighted by atomic mass is 10.00. The van der Waals surface area contributed by atoms with Crippen LogP contribution in [0, 0.1) is 5.92 Å². The molecule has 2 atom stereocenters. The third-order valence-corrected chi connectivity index (χ3v) is 7.14. The second kappa shape index (κ2) is 10.9. The maximum Gasteiger partial charge on any atom is 0.259 e. The van der Waals surface area contributed by atoms with Gasteiger partial charge >= 0.3 is 0 Å². The number of aliphatic imine (C=N–C) groups is 2. The van der Waals surface area contributed by atoms with Gasteiger partial charge in [-0.2, -0.15) is 0 Å². The van der Waals surface area contributed by atoms with Crippen LogP contribution in [0.25, 0.3) is 0 Å². The van der Waals surface area contributed by atoms with Crippen LogP contribution in [0.1, 0.15) is 31.4 Å². The van der Waals surface area contributed by atoms with E-state index in [2.05, 4.69) is 12.2 Å². The van der Waals surface area contributed by atoms with Crippen LogP contribution in [-0.4, -0.2) is 60.3 Å². The van der Waals surface area contributed by atoms with Crippen LogP contribution >= 0.6 is 11.8 Å². The average Bonchev–Trinajstić information content (AvgIpc) is 3.24. The van der Waals surface area contributed by atoms with E-state index in [0.29, 0.717) is 35.5 Å². The lowest BCUT2D eigenvalue weighted by Crippen LogP contribution is -2.42. The number of nitrogens with zero attached hydrogens (tertiary/aromatic N) is 3. The van der Waals surface area contributed by atoms with Crippen molar-refractivity contribution in [2.45, 2.75) is 32.7 Å². The standard InChI is InChI=1S/C26H30N4O4S/c1-5-16(2)23-25(32)30-24(29-23)18-8-6-7-9-19(18)28-26(30)35-15-22(31)27-13-12-17-10-11-20(33-3)21(14-17)34-4/h6-11,14,16,23H,5,12-13,15H2,1-4H3,(H,27,31)/t16-,23+/m0/s1. The molecule has 2 aliphatic heterocycles. The molecule has 0 aromatic heterocycles. The van der Waals surface area contributed by atoms with Gasteiger partial charge in [0, 0.05) is 12.1 Å². The number of methoxy groups -OCH3 is 2. The van der Waals surface area contributed by atoms with Crippen molar-refractivity contribution in [3.05, 3.63) is 53.6 Å². The van der Waals surface area contributed by atoms with E-state index in [1.54, 1.807) is 19.1 Å². The predicted molar refractivity (Wildman–Crippen MR) is 139 cm³/mol. The molecule has 4 rings (SSSR count). The second-order valence-corrected chi connectivity index (χ2v) is 9.39. The van der Waals surface area contributed by atoms with E-state index in [1.165, 1.54) is 11.8 Å². The molecule has 2 aromatic rings. The topological polar surface area (TPSA) is 92.6 Å². The molecule has 9 heteroatoms. The van der Waals surface area contributed by atoms with Gasteiger partial charge < -0.3 is 14.8 Å². The van der Waals surface area contributed by atoms with Crippen LogP contribution in [0.5, 0.6) is 11.5 Å². The van der Waals surface area contributed by atoms with E-state index < -0.39 is 6.04 Å². The molecule has 0 spiro atoms. The van der Waals surface area contributed by atoms with Crippen LogP contribution in [-0.2, 0) is 16.0 Å². The summed E-state index contributed by atoms with van der Waals surface area (Å²) in [6, 6.07) is 12.9. The Labute approximate surface area is 209 Å². The first kappa shape index (κ1) is 24.8. The molecule has 0 saturated heterocycles. The van der Waals surface area contributed by atoms with Crippen molar-refractivity contribution in [3.8, 4) is 11.5 Å². The summed E-state index contributed by atoms with van der Waals surface area (Å²) >= 11 is 1.25. The largest absolute Gasteiger partial charge is 0.493 e. The van der Waals surface area contributed by atoms with E-state index in [1.807, 2.05) is 49.4 Å². The Morgan fingerprint density at radius 1 is 1.17 bits per heavy atom. The van der Waals surface area contributed by atoms with Crippen molar-refractivity contribution in [2.24, 2.45) is 15.9 Å². The summed E-state index contributed by atoms with van der Waals surface area (Å²) < 4.78 is 10.6. The fourth-order valence-electron chi connectivity index (χ4n) is 4.02. The summed E-state index contributed by atoms with van der Waals surface area (Å²) in [7, 11) is 3.19. The molecule has 2 heterocycles. The van der Waals surface area contributed by atoms with E-state index in [4.69, 9.17) is 19.5 Å². The van der Waals surface area contributed by atoms with E-state index in [0.717, 1.165) is 23.2 Å².